The van der Waals surface area contributed by atoms with Gasteiger partial charge in [0.15, 0.2) is 0 Å². The molecule has 0 fully saturated rings. The predicted molar refractivity (Wildman–Crippen MR) is 48.5 cm³/mol. The zero-order valence-electron chi connectivity index (χ0n) is 8.18. The summed E-state index contributed by atoms with van der Waals surface area (Å²) in [6.07, 6.45) is 3.43. The summed E-state index contributed by atoms with van der Waals surface area (Å²) in [6.45, 7) is 6.54. The zero-order chi connectivity index (χ0) is 9.61. The van der Waals surface area contributed by atoms with Crippen molar-refractivity contribution in [2.45, 2.75) is 46.5 Å². The normalized spacial score (nSPS) is 10.8. The van der Waals surface area contributed by atoms with Crippen molar-refractivity contribution < 1.29 is 4.79 Å². The Morgan fingerprint density at radius 1 is 1.33 bits per heavy atom. The van der Waals surface area contributed by atoms with Gasteiger partial charge in [-0.15, -0.1) is 0 Å². The molecule has 0 saturated carbocycles. The molecule has 2 heteroatoms. The molecule has 0 aromatic heterocycles. The molecule has 68 valence electrons. The Bertz CT molecular complexity index is 183. The molecular weight excluding hydrogens is 150 g/mol. The Hall–Kier alpha value is -0.840. The highest BCUT2D eigenvalue weighted by molar-refractivity contribution is 5.93. The van der Waals surface area contributed by atoms with Crippen LogP contribution >= 0.6 is 0 Å². The maximum atomic E-state index is 10.6. The maximum Gasteiger partial charge on any atom is 0.231 e. The highest BCUT2D eigenvalue weighted by Crippen LogP contribution is 2.21. The van der Waals surface area contributed by atoms with E-state index in [-0.39, 0.29) is 5.78 Å². The first kappa shape index (κ1) is 11.2. The van der Waals surface area contributed by atoms with Gasteiger partial charge in [0.05, 0.1) is 0 Å². The van der Waals surface area contributed by atoms with Crippen LogP contribution in [-0.2, 0) is 4.79 Å². The molecule has 0 radical (unpaired) electrons. The molecule has 0 rings (SSSR count). The van der Waals surface area contributed by atoms with Gasteiger partial charge < -0.3 is 0 Å². The molecule has 0 bridgehead atoms. The van der Waals surface area contributed by atoms with Gasteiger partial charge in [0.1, 0.15) is 6.07 Å². The van der Waals surface area contributed by atoms with Crippen LogP contribution in [0.3, 0.4) is 0 Å². The van der Waals surface area contributed by atoms with Crippen molar-refractivity contribution >= 4 is 5.78 Å². The molecule has 12 heavy (non-hydrogen) atoms. The fourth-order valence-electron chi connectivity index (χ4n) is 0.997. The molecular formula is C10H17NO. The summed E-state index contributed by atoms with van der Waals surface area (Å²) in [5, 5.41) is 8.19. The van der Waals surface area contributed by atoms with Crippen molar-refractivity contribution in [2.75, 3.05) is 0 Å². The summed E-state index contributed by atoms with van der Waals surface area (Å²) in [5.74, 6) is -0.288. The molecule has 0 aliphatic heterocycles. The van der Waals surface area contributed by atoms with Gasteiger partial charge in [-0.3, -0.25) is 4.79 Å². The second-order valence-electron chi connectivity index (χ2n) is 4.30. The van der Waals surface area contributed by atoms with Crippen LogP contribution in [0.2, 0.25) is 0 Å². The Morgan fingerprint density at radius 3 is 2.33 bits per heavy atom. The Kier molecular flexibility index (Phi) is 4.58. The molecule has 0 saturated heterocycles. The lowest BCUT2D eigenvalue weighted by molar-refractivity contribution is -0.114. The van der Waals surface area contributed by atoms with Crippen molar-refractivity contribution in [1.82, 2.24) is 0 Å². The first-order chi connectivity index (χ1) is 5.45. The summed E-state index contributed by atoms with van der Waals surface area (Å²) in [6, 6.07) is 1.62. The molecule has 0 aromatic carbocycles. The highest BCUT2D eigenvalue weighted by atomic mass is 16.1. The summed E-state index contributed by atoms with van der Waals surface area (Å²) in [4.78, 5) is 10.6. The summed E-state index contributed by atoms with van der Waals surface area (Å²) in [5.41, 5.74) is 0.343. The van der Waals surface area contributed by atoms with E-state index in [0.717, 1.165) is 19.3 Å². The van der Waals surface area contributed by atoms with E-state index in [9.17, 15) is 4.79 Å². The van der Waals surface area contributed by atoms with Gasteiger partial charge in [0, 0.05) is 6.42 Å². The zero-order valence-corrected chi connectivity index (χ0v) is 8.18. The third-order valence-corrected chi connectivity index (χ3v) is 1.71. The number of nitriles is 1. The number of hydrogen-bond acceptors (Lipinski definition) is 2. The molecule has 0 aromatic rings. The molecule has 2 nitrogen and oxygen atoms in total. The SMILES string of the molecule is CC(C)(C)CCCCC(=O)C#N. The minimum absolute atomic E-state index is 0.288. The number of rotatable bonds is 4. The Labute approximate surface area is 74.6 Å². The van der Waals surface area contributed by atoms with Gasteiger partial charge in [0.25, 0.3) is 0 Å². The minimum Gasteiger partial charge on any atom is -0.283 e. The third-order valence-electron chi connectivity index (χ3n) is 1.71. The molecule has 0 amide bonds. The van der Waals surface area contributed by atoms with Crippen molar-refractivity contribution in [3.05, 3.63) is 0 Å². The summed E-state index contributed by atoms with van der Waals surface area (Å²) in [7, 11) is 0. The van der Waals surface area contributed by atoms with Gasteiger partial charge in [-0.2, -0.15) is 5.26 Å². The maximum absolute atomic E-state index is 10.6. The third kappa shape index (κ3) is 7.27. The lowest BCUT2D eigenvalue weighted by Crippen LogP contribution is -2.04. The molecule has 0 spiro atoms. The Morgan fingerprint density at radius 2 is 1.92 bits per heavy atom. The minimum atomic E-state index is -0.288. The standard InChI is InChI=1S/C10H17NO/c1-10(2,3)7-5-4-6-9(12)8-11/h4-7H2,1-3H3. The lowest BCUT2D eigenvalue weighted by Gasteiger charge is -2.16. The van der Waals surface area contributed by atoms with E-state index in [1.807, 2.05) is 0 Å². The van der Waals surface area contributed by atoms with Gasteiger partial charge in [-0.05, 0) is 18.3 Å². The quantitative estimate of drug-likeness (QED) is 0.477. The number of ketones is 1. The average Bonchev–Trinajstić information content (AvgIpc) is 1.96. The van der Waals surface area contributed by atoms with Gasteiger partial charge in [-0.25, -0.2) is 0 Å². The molecule has 0 unspecified atom stereocenters. The van der Waals surface area contributed by atoms with Crippen molar-refractivity contribution in [3.63, 3.8) is 0 Å². The topological polar surface area (TPSA) is 40.9 Å². The smallest absolute Gasteiger partial charge is 0.231 e. The molecule has 0 aliphatic carbocycles. The number of carbonyl (C=O) groups excluding carboxylic acids is 1. The monoisotopic (exact) mass is 167 g/mol. The van der Waals surface area contributed by atoms with E-state index in [1.165, 1.54) is 0 Å². The molecule has 0 atom stereocenters. The van der Waals surface area contributed by atoms with Crippen LogP contribution < -0.4 is 0 Å². The first-order valence-corrected chi connectivity index (χ1v) is 4.38. The van der Waals surface area contributed by atoms with Gasteiger partial charge in [0.2, 0.25) is 5.78 Å². The van der Waals surface area contributed by atoms with Crippen LogP contribution in [0, 0.1) is 16.7 Å². The van der Waals surface area contributed by atoms with Crippen LogP contribution in [0.1, 0.15) is 46.5 Å². The average molecular weight is 167 g/mol. The van der Waals surface area contributed by atoms with E-state index >= 15 is 0 Å². The summed E-state index contributed by atoms with van der Waals surface area (Å²) >= 11 is 0. The largest absolute Gasteiger partial charge is 0.283 e. The van der Waals surface area contributed by atoms with E-state index in [4.69, 9.17) is 5.26 Å². The number of hydrogen-bond donors (Lipinski definition) is 0. The van der Waals surface area contributed by atoms with E-state index in [2.05, 4.69) is 20.8 Å². The number of Topliss-reactive ketones (excluding diaryl/α,β-unsaturated/α-hetero) is 1. The number of carbonyl (C=O) groups is 1. The van der Waals surface area contributed by atoms with E-state index < -0.39 is 0 Å². The van der Waals surface area contributed by atoms with Crippen LogP contribution in [0.4, 0.5) is 0 Å². The van der Waals surface area contributed by atoms with Crippen LogP contribution in [0.25, 0.3) is 0 Å². The van der Waals surface area contributed by atoms with Crippen LogP contribution in [-0.4, -0.2) is 5.78 Å². The van der Waals surface area contributed by atoms with Crippen LogP contribution in [0.15, 0.2) is 0 Å². The second kappa shape index (κ2) is 4.92. The molecule has 0 aliphatic rings. The Balaban J connectivity index is 3.36. The number of nitrogens with zero attached hydrogens (tertiary/aromatic N) is 1. The fourth-order valence-corrected chi connectivity index (χ4v) is 0.997. The van der Waals surface area contributed by atoms with Crippen molar-refractivity contribution in [3.8, 4) is 6.07 Å². The predicted octanol–water partition coefficient (Wildman–Crippen LogP) is 2.69. The molecule has 0 heterocycles. The summed E-state index contributed by atoms with van der Waals surface area (Å²) < 4.78 is 0. The number of unbranched alkanes of at least 4 members (excludes halogenated alkanes) is 1. The van der Waals surface area contributed by atoms with E-state index in [0.29, 0.717) is 11.8 Å². The fraction of sp³-hybridized carbons (Fsp3) is 0.800. The van der Waals surface area contributed by atoms with Crippen LogP contribution in [0.5, 0.6) is 0 Å². The van der Waals surface area contributed by atoms with E-state index in [1.54, 1.807) is 6.07 Å². The highest BCUT2D eigenvalue weighted by Gasteiger charge is 2.09. The van der Waals surface area contributed by atoms with Gasteiger partial charge >= 0.3 is 0 Å². The van der Waals surface area contributed by atoms with Crippen molar-refractivity contribution in [2.24, 2.45) is 5.41 Å². The van der Waals surface area contributed by atoms with Gasteiger partial charge in [-0.1, -0.05) is 27.2 Å². The second-order valence-corrected chi connectivity index (χ2v) is 4.30. The van der Waals surface area contributed by atoms with Crippen molar-refractivity contribution in [1.29, 1.82) is 5.26 Å². The molecule has 0 N–H and O–H groups in total. The lowest BCUT2D eigenvalue weighted by atomic mass is 9.89. The first-order valence-electron chi connectivity index (χ1n) is 4.38.